The van der Waals surface area contributed by atoms with Crippen LogP contribution in [0.4, 0.5) is 0 Å². The fraction of sp³-hybridized carbons (Fsp3) is 0.867. The second kappa shape index (κ2) is 4.74. The van der Waals surface area contributed by atoms with Crippen molar-refractivity contribution >= 4 is 0 Å². The number of allylic oxidation sites excluding steroid dienone is 2. The molecule has 0 amide bonds. The maximum Gasteiger partial charge on any atom is 0.0787 e. The maximum atomic E-state index is 6.11. The molecule has 0 saturated carbocycles. The van der Waals surface area contributed by atoms with E-state index < -0.39 is 0 Å². The van der Waals surface area contributed by atoms with Crippen LogP contribution in [0.15, 0.2) is 12.2 Å². The fourth-order valence-corrected chi connectivity index (χ4v) is 3.23. The molecule has 1 heterocycles. The van der Waals surface area contributed by atoms with Gasteiger partial charge in [0.25, 0.3) is 0 Å². The van der Waals surface area contributed by atoms with Crippen LogP contribution in [0.2, 0.25) is 0 Å². The van der Waals surface area contributed by atoms with E-state index in [1.54, 1.807) is 0 Å². The zero-order valence-corrected chi connectivity index (χ0v) is 11.8. The predicted molar refractivity (Wildman–Crippen MR) is 72.1 cm³/mol. The molecule has 2 heteroatoms. The van der Waals surface area contributed by atoms with E-state index in [-0.39, 0.29) is 11.2 Å². The zero-order chi connectivity index (χ0) is 12.5. The molecule has 2 atom stereocenters. The quantitative estimate of drug-likeness (QED) is 0.761. The van der Waals surface area contributed by atoms with Crippen molar-refractivity contribution < 1.29 is 4.74 Å². The molecular formula is C15H27NO. The van der Waals surface area contributed by atoms with Crippen LogP contribution in [0.5, 0.6) is 0 Å². The van der Waals surface area contributed by atoms with E-state index in [0.29, 0.717) is 6.04 Å². The Labute approximate surface area is 106 Å². The number of hydrogen-bond donors (Lipinski definition) is 1. The van der Waals surface area contributed by atoms with Crippen molar-refractivity contribution in [3.05, 3.63) is 12.2 Å². The number of rotatable bonds is 3. The van der Waals surface area contributed by atoms with Crippen LogP contribution in [-0.2, 0) is 4.74 Å². The Morgan fingerprint density at radius 1 is 1.24 bits per heavy atom. The molecule has 0 aromatic carbocycles. The fourth-order valence-electron chi connectivity index (χ4n) is 3.23. The van der Waals surface area contributed by atoms with Crippen molar-refractivity contribution in [2.75, 3.05) is 6.54 Å². The summed E-state index contributed by atoms with van der Waals surface area (Å²) in [7, 11) is 0. The Balaban J connectivity index is 1.84. The molecule has 1 saturated heterocycles. The molecule has 2 rings (SSSR count). The van der Waals surface area contributed by atoms with E-state index in [0.717, 1.165) is 18.9 Å². The molecule has 0 aromatic rings. The first-order chi connectivity index (χ1) is 7.89. The van der Waals surface area contributed by atoms with Gasteiger partial charge in [0.05, 0.1) is 11.2 Å². The minimum atomic E-state index is -0.0337. The second-order valence-corrected chi connectivity index (χ2v) is 6.78. The summed E-state index contributed by atoms with van der Waals surface area (Å²) in [6, 6.07) is 0.489. The van der Waals surface area contributed by atoms with Gasteiger partial charge < -0.3 is 10.1 Å². The highest BCUT2D eigenvalue weighted by Crippen LogP contribution is 2.37. The van der Waals surface area contributed by atoms with E-state index in [1.807, 2.05) is 0 Å². The molecule has 2 nitrogen and oxygen atoms in total. The van der Waals surface area contributed by atoms with Gasteiger partial charge in [0.1, 0.15) is 0 Å². The highest BCUT2D eigenvalue weighted by molar-refractivity contribution is 4.99. The Kier molecular flexibility index (Phi) is 3.65. The molecule has 1 fully saturated rings. The molecule has 0 bridgehead atoms. The van der Waals surface area contributed by atoms with Crippen LogP contribution < -0.4 is 5.32 Å². The third-order valence-corrected chi connectivity index (χ3v) is 4.10. The van der Waals surface area contributed by atoms with Gasteiger partial charge in [-0.1, -0.05) is 12.2 Å². The summed E-state index contributed by atoms with van der Waals surface area (Å²) in [6.45, 7) is 9.94. The SMILES string of the molecule is CC1(C)CC(NCC2CC=CCC2)C(C)(C)O1. The van der Waals surface area contributed by atoms with Crippen molar-refractivity contribution in [2.45, 2.75) is 70.6 Å². The molecule has 0 radical (unpaired) electrons. The van der Waals surface area contributed by atoms with Gasteiger partial charge in [-0.05, 0) is 65.8 Å². The molecule has 1 aliphatic heterocycles. The lowest BCUT2D eigenvalue weighted by Gasteiger charge is -2.29. The van der Waals surface area contributed by atoms with E-state index in [4.69, 9.17) is 4.74 Å². The summed E-state index contributed by atoms with van der Waals surface area (Å²) in [5.74, 6) is 0.819. The summed E-state index contributed by atoms with van der Waals surface area (Å²) < 4.78 is 6.11. The van der Waals surface area contributed by atoms with E-state index in [1.165, 1.54) is 19.3 Å². The Morgan fingerprint density at radius 2 is 2.00 bits per heavy atom. The molecule has 1 aliphatic carbocycles. The van der Waals surface area contributed by atoms with Gasteiger partial charge in [0.2, 0.25) is 0 Å². The second-order valence-electron chi connectivity index (χ2n) is 6.78. The van der Waals surface area contributed by atoms with E-state index in [9.17, 15) is 0 Å². The first-order valence-corrected chi connectivity index (χ1v) is 6.98. The largest absolute Gasteiger partial charge is 0.368 e. The summed E-state index contributed by atoms with van der Waals surface area (Å²) >= 11 is 0. The minimum Gasteiger partial charge on any atom is -0.368 e. The zero-order valence-electron chi connectivity index (χ0n) is 11.8. The van der Waals surface area contributed by atoms with Gasteiger partial charge in [-0.3, -0.25) is 0 Å². The van der Waals surface area contributed by atoms with E-state index >= 15 is 0 Å². The Hall–Kier alpha value is -0.340. The molecule has 17 heavy (non-hydrogen) atoms. The molecule has 0 aromatic heterocycles. The minimum absolute atomic E-state index is 0.0215. The van der Waals surface area contributed by atoms with Crippen LogP contribution in [-0.4, -0.2) is 23.8 Å². The molecular weight excluding hydrogens is 210 g/mol. The van der Waals surface area contributed by atoms with Crippen LogP contribution >= 0.6 is 0 Å². The molecule has 1 N–H and O–H groups in total. The average molecular weight is 237 g/mol. The summed E-state index contributed by atoms with van der Waals surface area (Å²) in [5.41, 5.74) is -0.0123. The molecule has 2 aliphatic rings. The molecule has 2 unspecified atom stereocenters. The summed E-state index contributed by atoms with van der Waals surface area (Å²) in [4.78, 5) is 0. The van der Waals surface area contributed by atoms with Gasteiger partial charge in [-0.2, -0.15) is 0 Å². The Bertz CT molecular complexity index is 293. The van der Waals surface area contributed by atoms with Gasteiger partial charge in [0.15, 0.2) is 0 Å². The van der Waals surface area contributed by atoms with Gasteiger partial charge >= 0.3 is 0 Å². The van der Waals surface area contributed by atoms with Crippen molar-refractivity contribution in [2.24, 2.45) is 5.92 Å². The lowest BCUT2D eigenvalue weighted by atomic mass is 9.91. The van der Waals surface area contributed by atoms with Crippen LogP contribution in [0.3, 0.4) is 0 Å². The first kappa shape index (κ1) is 13.1. The van der Waals surface area contributed by atoms with Crippen molar-refractivity contribution in [1.82, 2.24) is 5.32 Å². The first-order valence-electron chi connectivity index (χ1n) is 6.98. The lowest BCUT2D eigenvalue weighted by molar-refractivity contribution is -0.0699. The number of ether oxygens (including phenoxy) is 1. The van der Waals surface area contributed by atoms with Crippen molar-refractivity contribution in [3.63, 3.8) is 0 Å². The Morgan fingerprint density at radius 3 is 2.53 bits per heavy atom. The summed E-state index contributed by atoms with van der Waals surface area (Å²) in [5, 5.41) is 3.74. The summed E-state index contributed by atoms with van der Waals surface area (Å²) in [6.07, 6.45) is 9.58. The van der Waals surface area contributed by atoms with Crippen LogP contribution in [0.1, 0.15) is 53.4 Å². The normalized spacial score (nSPS) is 35.1. The van der Waals surface area contributed by atoms with Crippen LogP contribution in [0.25, 0.3) is 0 Å². The predicted octanol–water partition coefficient (Wildman–Crippen LogP) is 3.28. The van der Waals surface area contributed by atoms with Crippen LogP contribution in [0, 0.1) is 5.92 Å². The van der Waals surface area contributed by atoms with Gasteiger partial charge in [-0.15, -0.1) is 0 Å². The van der Waals surface area contributed by atoms with Crippen molar-refractivity contribution in [1.29, 1.82) is 0 Å². The smallest absolute Gasteiger partial charge is 0.0787 e. The van der Waals surface area contributed by atoms with Gasteiger partial charge in [0, 0.05) is 6.04 Å². The number of nitrogens with one attached hydrogen (secondary N) is 1. The van der Waals surface area contributed by atoms with Crippen molar-refractivity contribution in [3.8, 4) is 0 Å². The standard InChI is InChI=1S/C15H27NO/c1-14(2)10-13(15(3,4)17-14)16-11-12-8-6-5-7-9-12/h5-6,12-13,16H,7-11H2,1-4H3. The molecule has 98 valence electrons. The lowest BCUT2D eigenvalue weighted by Crippen LogP contribution is -2.45. The topological polar surface area (TPSA) is 21.3 Å². The third kappa shape index (κ3) is 3.32. The molecule has 0 spiro atoms. The van der Waals surface area contributed by atoms with E-state index in [2.05, 4.69) is 45.2 Å². The highest BCUT2D eigenvalue weighted by atomic mass is 16.5. The monoisotopic (exact) mass is 237 g/mol. The third-order valence-electron chi connectivity index (χ3n) is 4.10. The maximum absolute atomic E-state index is 6.11. The average Bonchev–Trinajstić information content (AvgIpc) is 2.45. The van der Waals surface area contributed by atoms with Gasteiger partial charge in [-0.25, -0.2) is 0 Å². The highest BCUT2D eigenvalue weighted by Gasteiger charge is 2.45. The number of hydrogen-bond acceptors (Lipinski definition) is 2.